The van der Waals surface area contributed by atoms with Crippen LogP contribution in [-0.2, 0) is 11.2 Å². The third-order valence-corrected chi connectivity index (χ3v) is 2.85. The molecular formula is C11H18N2O2. The smallest absolute Gasteiger partial charge is 0.196 e. The second kappa shape index (κ2) is 4.77. The molecule has 0 aliphatic carbocycles. The molecular weight excluding hydrogens is 192 g/mol. The molecule has 0 spiro atoms. The normalized spacial score (nSPS) is 23.2. The number of hydrogen-bond donors (Lipinski definition) is 1. The van der Waals surface area contributed by atoms with Gasteiger partial charge in [0, 0.05) is 19.1 Å². The molecule has 2 atom stereocenters. The first-order valence-corrected chi connectivity index (χ1v) is 5.55. The first-order chi connectivity index (χ1) is 7.29. The predicted molar refractivity (Wildman–Crippen MR) is 56.7 cm³/mol. The first-order valence-electron chi connectivity index (χ1n) is 5.55. The van der Waals surface area contributed by atoms with Gasteiger partial charge in [-0.05, 0) is 12.8 Å². The zero-order chi connectivity index (χ0) is 10.7. The second-order valence-electron chi connectivity index (χ2n) is 4.14. The fourth-order valence-corrected chi connectivity index (χ4v) is 1.77. The highest BCUT2D eigenvalue weighted by Crippen LogP contribution is 2.19. The van der Waals surface area contributed by atoms with E-state index in [0.29, 0.717) is 12.6 Å². The molecule has 0 aromatic carbocycles. The van der Waals surface area contributed by atoms with E-state index in [2.05, 4.69) is 4.98 Å². The number of oxazole rings is 1. The van der Waals surface area contributed by atoms with Crippen LogP contribution in [-0.4, -0.2) is 24.2 Å². The molecule has 0 saturated carbocycles. The molecule has 1 aliphatic heterocycles. The van der Waals surface area contributed by atoms with E-state index in [-0.39, 0.29) is 5.92 Å². The first kappa shape index (κ1) is 10.6. The van der Waals surface area contributed by atoms with Gasteiger partial charge in [0.05, 0.1) is 18.2 Å². The van der Waals surface area contributed by atoms with E-state index in [0.717, 1.165) is 37.5 Å². The van der Waals surface area contributed by atoms with E-state index in [1.54, 1.807) is 6.26 Å². The average Bonchev–Trinajstić information content (AvgIpc) is 2.88. The Kier molecular flexibility index (Phi) is 3.38. The van der Waals surface area contributed by atoms with Crippen LogP contribution >= 0.6 is 0 Å². The summed E-state index contributed by atoms with van der Waals surface area (Å²) in [5.41, 5.74) is 6.52. The number of nitrogens with zero attached hydrogens (tertiary/aromatic N) is 1. The Morgan fingerprint density at radius 3 is 3.20 bits per heavy atom. The maximum Gasteiger partial charge on any atom is 0.196 e. The van der Waals surface area contributed by atoms with Gasteiger partial charge in [-0.2, -0.15) is 0 Å². The van der Waals surface area contributed by atoms with Crippen LogP contribution in [0.4, 0.5) is 0 Å². The van der Waals surface area contributed by atoms with Crippen molar-refractivity contribution in [3.63, 3.8) is 0 Å². The zero-order valence-corrected chi connectivity index (χ0v) is 9.11. The molecule has 1 aromatic heterocycles. The van der Waals surface area contributed by atoms with Gasteiger partial charge in [-0.1, -0.05) is 6.92 Å². The summed E-state index contributed by atoms with van der Waals surface area (Å²) in [6, 6.07) is 0. The Morgan fingerprint density at radius 1 is 1.67 bits per heavy atom. The third-order valence-electron chi connectivity index (χ3n) is 2.85. The van der Waals surface area contributed by atoms with Gasteiger partial charge in [0.1, 0.15) is 6.26 Å². The molecule has 84 valence electrons. The van der Waals surface area contributed by atoms with Crippen molar-refractivity contribution < 1.29 is 9.15 Å². The van der Waals surface area contributed by atoms with Gasteiger partial charge in [-0.15, -0.1) is 0 Å². The van der Waals surface area contributed by atoms with Crippen molar-refractivity contribution in [2.45, 2.75) is 38.2 Å². The lowest BCUT2D eigenvalue weighted by atomic mass is 10.1. The van der Waals surface area contributed by atoms with E-state index in [1.165, 1.54) is 0 Å². The fourth-order valence-electron chi connectivity index (χ4n) is 1.77. The molecule has 2 rings (SSSR count). The second-order valence-corrected chi connectivity index (χ2v) is 4.14. The largest absolute Gasteiger partial charge is 0.449 e. The average molecular weight is 210 g/mol. The van der Waals surface area contributed by atoms with Crippen LogP contribution in [0, 0.1) is 0 Å². The molecule has 1 aromatic rings. The van der Waals surface area contributed by atoms with Crippen LogP contribution in [0.2, 0.25) is 0 Å². The molecule has 15 heavy (non-hydrogen) atoms. The Bertz CT molecular complexity index is 305. The molecule has 4 heteroatoms. The summed E-state index contributed by atoms with van der Waals surface area (Å²) in [7, 11) is 0. The van der Waals surface area contributed by atoms with Crippen molar-refractivity contribution in [1.29, 1.82) is 0 Å². The van der Waals surface area contributed by atoms with Crippen molar-refractivity contribution in [3.8, 4) is 0 Å². The molecule has 0 amide bonds. The van der Waals surface area contributed by atoms with Crippen LogP contribution in [0.5, 0.6) is 0 Å². The summed E-state index contributed by atoms with van der Waals surface area (Å²) in [4.78, 5) is 4.42. The van der Waals surface area contributed by atoms with E-state index in [4.69, 9.17) is 14.9 Å². The molecule has 2 N–H and O–H groups in total. The minimum Gasteiger partial charge on any atom is -0.449 e. The van der Waals surface area contributed by atoms with Gasteiger partial charge in [0.2, 0.25) is 0 Å². The standard InChI is InChI=1S/C11H18N2O2/c1-8(6-12)10-7-15-11(13-10)5-9-3-2-4-14-9/h7-9H,2-6,12H2,1H3. The summed E-state index contributed by atoms with van der Waals surface area (Å²) in [6.45, 7) is 3.52. The molecule has 1 fully saturated rings. The van der Waals surface area contributed by atoms with Crippen LogP contribution < -0.4 is 5.73 Å². The number of nitrogens with two attached hydrogens (primary N) is 1. The summed E-state index contributed by atoms with van der Waals surface area (Å²) < 4.78 is 10.9. The minimum atomic E-state index is 0.270. The Hall–Kier alpha value is -0.870. The summed E-state index contributed by atoms with van der Waals surface area (Å²) in [5.74, 6) is 1.05. The zero-order valence-electron chi connectivity index (χ0n) is 9.11. The Labute approximate surface area is 89.8 Å². The summed E-state index contributed by atoms with van der Waals surface area (Å²) >= 11 is 0. The SMILES string of the molecule is CC(CN)c1coc(CC2CCCO2)n1. The van der Waals surface area contributed by atoms with E-state index >= 15 is 0 Å². The van der Waals surface area contributed by atoms with E-state index in [9.17, 15) is 0 Å². The Morgan fingerprint density at radius 2 is 2.53 bits per heavy atom. The highest BCUT2D eigenvalue weighted by atomic mass is 16.5. The molecule has 1 saturated heterocycles. The van der Waals surface area contributed by atoms with Gasteiger partial charge in [0.15, 0.2) is 5.89 Å². The van der Waals surface area contributed by atoms with Crippen LogP contribution in [0.3, 0.4) is 0 Å². The maximum atomic E-state index is 5.57. The van der Waals surface area contributed by atoms with Gasteiger partial charge in [-0.3, -0.25) is 0 Å². The quantitative estimate of drug-likeness (QED) is 0.817. The highest BCUT2D eigenvalue weighted by molar-refractivity contribution is 5.04. The van der Waals surface area contributed by atoms with E-state index in [1.807, 2.05) is 6.92 Å². The lowest BCUT2D eigenvalue weighted by molar-refractivity contribution is 0.106. The monoisotopic (exact) mass is 210 g/mol. The number of hydrogen-bond acceptors (Lipinski definition) is 4. The third kappa shape index (κ3) is 2.58. The minimum absolute atomic E-state index is 0.270. The molecule has 2 unspecified atom stereocenters. The van der Waals surface area contributed by atoms with Crippen molar-refractivity contribution in [2.75, 3.05) is 13.2 Å². The van der Waals surface area contributed by atoms with Gasteiger partial charge >= 0.3 is 0 Å². The lowest BCUT2D eigenvalue weighted by Crippen LogP contribution is -2.11. The fraction of sp³-hybridized carbons (Fsp3) is 0.727. The topological polar surface area (TPSA) is 61.3 Å². The summed E-state index contributed by atoms with van der Waals surface area (Å²) in [6.07, 6.45) is 5.06. The number of ether oxygens (including phenoxy) is 1. The summed E-state index contributed by atoms with van der Waals surface area (Å²) in [5, 5.41) is 0. The maximum absolute atomic E-state index is 5.57. The van der Waals surface area contributed by atoms with Crippen molar-refractivity contribution in [2.24, 2.45) is 5.73 Å². The van der Waals surface area contributed by atoms with Gasteiger partial charge in [-0.25, -0.2) is 4.98 Å². The Balaban J connectivity index is 1.94. The van der Waals surface area contributed by atoms with Crippen LogP contribution in [0.1, 0.15) is 37.3 Å². The van der Waals surface area contributed by atoms with Gasteiger partial charge in [0.25, 0.3) is 0 Å². The lowest BCUT2D eigenvalue weighted by Gasteiger charge is -2.05. The van der Waals surface area contributed by atoms with Crippen molar-refractivity contribution >= 4 is 0 Å². The van der Waals surface area contributed by atoms with Gasteiger partial charge < -0.3 is 14.9 Å². The molecule has 4 nitrogen and oxygen atoms in total. The van der Waals surface area contributed by atoms with Crippen LogP contribution in [0.25, 0.3) is 0 Å². The van der Waals surface area contributed by atoms with Crippen molar-refractivity contribution in [3.05, 3.63) is 17.8 Å². The predicted octanol–water partition coefficient (Wildman–Crippen LogP) is 1.46. The number of aromatic nitrogens is 1. The molecule has 0 radical (unpaired) electrons. The molecule has 1 aliphatic rings. The van der Waals surface area contributed by atoms with Crippen molar-refractivity contribution in [1.82, 2.24) is 4.98 Å². The molecule has 2 heterocycles. The molecule has 0 bridgehead atoms. The highest BCUT2D eigenvalue weighted by Gasteiger charge is 2.19. The van der Waals surface area contributed by atoms with E-state index < -0.39 is 0 Å². The number of rotatable bonds is 4. The van der Waals surface area contributed by atoms with Crippen LogP contribution in [0.15, 0.2) is 10.7 Å².